The van der Waals surface area contributed by atoms with E-state index >= 15 is 0 Å². The monoisotopic (exact) mass is 208 g/mol. The number of ether oxygens (including phenoxy) is 1. The van der Waals surface area contributed by atoms with Gasteiger partial charge < -0.3 is 9.84 Å². The topological polar surface area (TPSA) is 46.5 Å². The molecule has 0 spiro atoms. The maximum atomic E-state index is 11.1. The minimum absolute atomic E-state index is 0.0376. The van der Waals surface area contributed by atoms with Gasteiger partial charge in [-0.15, -0.1) is 0 Å². The molecule has 0 amide bonds. The highest BCUT2D eigenvalue weighted by Crippen LogP contribution is 2.27. The molecule has 3 nitrogen and oxygen atoms in total. The van der Waals surface area contributed by atoms with E-state index in [1.165, 1.54) is 13.0 Å². The highest BCUT2D eigenvalue weighted by Gasteiger charge is 2.07. The maximum absolute atomic E-state index is 11.1. The van der Waals surface area contributed by atoms with Crippen molar-refractivity contribution in [2.75, 3.05) is 6.61 Å². The number of hydrogen-bond acceptors (Lipinski definition) is 3. The first-order valence-electron chi connectivity index (χ1n) is 4.97. The number of benzene rings is 1. The number of rotatable bonds is 4. The molecule has 1 rings (SSSR count). The molecule has 0 saturated carbocycles. The highest BCUT2D eigenvalue weighted by molar-refractivity contribution is 5.94. The van der Waals surface area contributed by atoms with Crippen LogP contribution in [0.1, 0.15) is 31.1 Å². The van der Waals surface area contributed by atoms with Gasteiger partial charge in [-0.1, -0.05) is 13.8 Å². The SMILES string of the molecule is CC(=O)c1ccc(O)c(OCC(C)C)c1. The molecule has 3 heteroatoms. The van der Waals surface area contributed by atoms with Gasteiger partial charge in [0, 0.05) is 5.56 Å². The molecule has 0 heterocycles. The molecule has 0 aromatic heterocycles. The Morgan fingerprint density at radius 2 is 2.13 bits per heavy atom. The summed E-state index contributed by atoms with van der Waals surface area (Å²) >= 11 is 0. The Balaban J connectivity index is 2.85. The molecule has 1 aromatic carbocycles. The van der Waals surface area contributed by atoms with Crippen molar-refractivity contribution in [2.45, 2.75) is 20.8 Å². The van der Waals surface area contributed by atoms with Crippen molar-refractivity contribution in [3.63, 3.8) is 0 Å². The van der Waals surface area contributed by atoms with Crippen LogP contribution in [0.3, 0.4) is 0 Å². The molecule has 0 atom stereocenters. The van der Waals surface area contributed by atoms with Crippen LogP contribution >= 0.6 is 0 Å². The average molecular weight is 208 g/mol. The van der Waals surface area contributed by atoms with Gasteiger partial charge in [0.2, 0.25) is 0 Å². The van der Waals surface area contributed by atoms with Crippen molar-refractivity contribution >= 4 is 5.78 Å². The van der Waals surface area contributed by atoms with Crippen LogP contribution in [0.5, 0.6) is 11.5 Å². The average Bonchev–Trinajstić information content (AvgIpc) is 2.16. The Kier molecular flexibility index (Phi) is 3.72. The summed E-state index contributed by atoms with van der Waals surface area (Å²) in [7, 11) is 0. The first-order chi connectivity index (χ1) is 7.00. The van der Waals surface area contributed by atoms with Gasteiger partial charge in [-0.3, -0.25) is 4.79 Å². The lowest BCUT2D eigenvalue weighted by atomic mass is 10.1. The van der Waals surface area contributed by atoms with Crippen LogP contribution in [0.15, 0.2) is 18.2 Å². The Labute approximate surface area is 89.7 Å². The van der Waals surface area contributed by atoms with Gasteiger partial charge in [0.1, 0.15) is 0 Å². The molecule has 15 heavy (non-hydrogen) atoms. The van der Waals surface area contributed by atoms with Gasteiger partial charge in [0.25, 0.3) is 0 Å². The quantitative estimate of drug-likeness (QED) is 0.774. The van der Waals surface area contributed by atoms with Crippen LogP contribution in [0.2, 0.25) is 0 Å². The zero-order valence-electron chi connectivity index (χ0n) is 9.28. The Morgan fingerprint density at radius 1 is 1.47 bits per heavy atom. The molecular weight excluding hydrogens is 192 g/mol. The van der Waals surface area contributed by atoms with E-state index in [1.807, 2.05) is 13.8 Å². The molecule has 0 bridgehead atoms. The number of phenolic OH excluding ortho intramolecular Hbond substituents is 1. The van der Waals surface area contributed by atoms with Gasteiger partial charge >= 0.3 is 0 Å². The van der Waals surface area contributed by atoms with E-state index < -0.39 is 0 Å². The number of hydrogen-bond donors (Lipinski definition) is 1. The predicted molar refractivity (Wildman–Crippen MR) is 58.4 cm³/mol. The van der Waals surface area contributed by atoms with E-state index in [9.17, 15) is 9.90 Å². The number of aromatic hydroxyl groups is 1. The van der Waals surface area contributed by atoms with Gasteiger partial charge in [0.05, 0.1) is 6.61 Å². The summed E-state index contributed by atoms with van der Waals surface area (Å²) in [6.07, 6.45) is 0. The van der Waals surface area contributed by atoms with Crippen LogP contribution in [0, 0.1) is 5.92 Å². The maximum Gasteiger partial charge on any atom is 0.161 e. The van der Waals surface area contributed by atoms with E-state index in [4.69, 9.17) is 4.74 Å². The fourth-order valence-corrected chi connectivity index (χ4v) is 1.11. The summed E-state index contributed by atoms with van der Waals surface area (Å²) in [5.41, 5.74) is 0.548. The number of ketones is 1. The molecule has 0 aliphatic heterocycles. The molecule has 0 saturated heterocycles. The third-order valence-electron chi connectivity index (χ3n) is 1.94. The summed E-state index contributed by atoms with van der Waals surface area (Å²) in [6, 6.07) is 4.63. The Hall–Kier alpha value is -1.51. The summed E-state index contributed by atoms with van der Waals surface area (Å²) in [6.45, 7) is 6.05. The predicted octanol–water partition coefficient (Wildman–Crippen LogP) is 2.63. The van der Waals surface area contributed by atoms with Crippen molar-refractivity contribution in [3.05, 3.63) is 23.8 Å². The summed E-state index contributed by atoms with van der Waals surface area (Å²) in [5, 5.41) is 9.49. The molecule has 0 aliphatic carbocycles. The van der Waals surface area contributed by atoms with Crippen molar-refractivity contribution < 1.29 is 14.6 Å². The first-order valence-corrected chi connectivity index (χ1v) is 4.97. The zero-order valence-corrected chi connectivity index (χ0v) is 9.28. The minimum Gasteiger partial charge on any atom is -0.504 e. The van der Waals surface area contributed by atoms with E-state index in [0.717, 1.165) is 0 Å². The number of phenols is 1. The van der Waals surface area contributed by atoms with Crippen molar-refractivity contribution in [2.24, 2.45) is 5.92 Å². The third kappa shape index (κ3) is 3.27. The van der Waals surface area contributed by atoms with Crippen molar-refractivity contribution in [1.82, 2.24) is 0 Å². The van der Waals surface area contributed by atoms with Crippen LogP contribution in [-0.4, -0.2) is 17.5 Å². The van der Waals surface area contributed by atoms with E-state index in [0.29, 0.717) is 23.8 Å². The fourth-order valence-electron chi connectivity index (χ4n) is 1.11. The zero-order chi connectivity index (χ0) is 11.4. The summed E-state index contributed by atoms with van der Waals surface area (Å²) < 4.78 is 5.39. The normalized spacial score (nSPS) is 10.4. The van der Waals surface area contributed by atoms with Crippen LogP contribution in [-0.2, 0) is 0 Å². The lowest BCUT2D eigenvalue weighted by Gasteiger charge is -2.10. The summed E-state index contributed by atoms with van der Waals surface area (Å²) in [5.74, 6) is 0.784. The lowest BCUT2D eigenvalue weighted by molar-refractivity contribution is 0.101. The largest absolute Gasteiger partial charge is 0.504 e. The van der Waals surface area contributed by atoms with E-state index in [1.54, 1.807) is 12.1 Å². The van der Waals surface area contributed by atoms with E-state index in [2.05, 4.69) is 0 Å². The molecule has 0 unspecified atom stereocenters. The fraction of sp³-hybridized carbons (Fsp3) is 0.417. The van der Waals surface area contributed by atoms with Gasteiger partial charge in [-0.05, 0) is 31.0 Å². The second kappa shape index (κ2) is 4.82. The highest BCUT2D eigenvalue weighted by atomic mass is 16.5. The second-order valence-electron chi connectivity index (χ2n) is 3.94. The lowest BCUT2D eigenvalue weighted by Crippen LogP contribution is -2.05. The van der Waals surface area contributed by atoms with Crippen molar-refractivity contribution in [3.8, 4) is 11.5 Å². The molecule has 1 N–H and O–H groups in total. The number of Topliss-reactive ketones (excluding diaryl/α,β-unsaturated/α-hetero) is 1. The Morgan fingerprint density at radius 3 is 2.67 bits per heavy atom. The molecule has 0 fully saturated rings. The Bertz CT molecular complexity index is 356. The van der Waals surface area contributed by atoms with Gasteiger partial charge in [0.15, 0.2) is 17.3 Å². The van der Waals surface area contributed by atoms with Gasteiger partial charge in [-0.25, -0.2) is 0 Å². The second-order valence-corrected chi connectivity index (χ2v) is 3.94. The molecule has 82 valence electrons. The van der Waals surface area contributed by atoms with Gasteiger partial charge in [-0.2, -0.15) is 0 Å². The third-order valence-corrected chi connectivity index (χ3v) is 1.94. The van der Waals surface area contributed by atoms with Crippen molar-refractivity contribution in [1.29, 1.82) is 0 Å². The molecule has 0 radical (unpaired) electrons. The minimum atomic E-state index is -0.0376. The van der Waals surface area contributed by atoms with Crippen LogP contribution in [0.4, 0.5) is 0 Å². The first kappa shape index (κ1) is 11.6. The summed E-state index contributed by atoms with van der Waals surface area (Å²) in [4.78, 5) is 11.1. The number of carbonyl (C=O) groups excluding carboxylic acids is 1. The van der Waals surface area contributed by atoms with Crippen LogP contribution < -0.4 is 4.74 Å². The molecule has 1 aromatic rings. The smallest absolute Gasteiger partial charge is 0.161 e. The number of carbonyl (C=O) groups is 1. The standard InChI is InChI=1S/C12H16O3/c1-8(2)7-15-12-6-10(9(3)13)4-5-11(12)14/h4-6,8,14H,7H2,1-3H3. The van der Waals surface area contributed by atoms with E-state index in [-0.39, 0.29) is 11.5 Å². The molecular formula is C12H16O3. The van der Waals surface area contributed by atoms with Crippen LogP contribution in [0.25, 0.3) is 0 Å². The molecule has 0 aliphatic rings.